The molecule has 0 saturated heterocycles. The van der Waals surface area contributed by atoms with Gasteiger partial charge in [-0.2, -0.15) is 8.42 Å². The van der Waals surface area contributed by atoms with Crippen LogP contribution in [0.2, 0.25) is 0 Å². The summed E-state index contributed by atoms with van der Waals surface area (Å²) < 4.78 is 43.3. The van der Waals surface area contributed by atoms with E-state index in [9.17, 15) is 12.6 Å². The highest BCUT2D eigenvalue weighted by molar-refractivity contribution is 9.09. The summed E-state index contributed by atoms with van der Waals surface area (Å²) in [5.41, 5.74) is 1.71. The molecule has 0 spiro atoms. The third-order valence-electron chi connectivity index (χ3n) is 3.60. The molecule has 2 aromatic carbocycles. The van der Waals surface area contributed by atoms with Crippen LogP contribution >= 0.6 is 15.9 Å². The molecule has 0 amide bonds. The van der Waals surface area contributed by atoms with E-state index in [-0.39, 0.29) is 10.2 Å². The first-order valence-corrected chi connectivity index (χ1v) is 11.7. The molecule has 0 fully saturated rings. The lowest BCUT2D eigenvalue weighted by atomic mass is 10.2. The van der Waals surface area contributed by atoms with Gasteiger partial charge >= 0.3 is 0 Å². The molecule has 0 radical (unpaired) electrons. The van der Waals surface area contributed by atoms with Crippen molar-refractivity contribution in [2.45, 2.75) is 30.6 Å². The molecular formula is C18H20BrNO3S2. The van der Waals surface area contributed by atoms with Gasteiger partial charge in [-0.1, -0.05) is 61.2 Å². The number of alkyl halides is 1. The van der Waals surface area contributed by atoms with E-state index >= 15 is 0 Å². The first-order chi connectivity index (χ1) is 11.7. The van der Waals surface area contributed by atoms with Gasteiger partial charge in [-0.3, -0.25) is 0 Å². The lowest BCUT2D eigenvalue weighted by Crippen LogP contribution is -2.11. The zero-order valence-electron chi connectivity index (χ0n) is 14.3. The fourth-order valence-corrected chi connectivity index (χ4v) is 7.85. The molecule has 0 heterocycles. The highest BCUT2D eigenvalue weighted by atomic mass is 79.9. The Morgan fingerprint density at radius 1 is 0.920 bits per heavy atom. The summed E-state index contributed by atoms with van der Waals surface area (Å²) in [6.07, 6.45) is 0. The van der Waals surface area contributed by atoms with E-state index in [1.54, 1.807) is 56.3 Å². The molecule has 2 aromatic rings. The van der Waals surface area contributed by atoms with E-state index in [2.05, 4.69) is 19.7 Å². The molecule has 7 heteroatoms. The minimum atomic E-state index is -4.08. The van der Waals surface area contributed by atoms with Crippen molar-refractivity contribution in [2.75, 3.05) is 5.33 Å². The molecule has 134 valence electrons. The van der Waals surface area contributed by atoms with Gasteiger partial charge in [-0.25, -0.2) is 4.21 Å². The quantitative estimate of drug-likeness (QED) is 0.619. The number of hydrogen-bond acceptors (Lipinski definition) is 3. The standard InChI is InChI=1S/C18H20BrNO3S2/c1-14(2)18(13-19)24(21,16-7-5-4-6-8-16)20-25(22,23)17-11-9-15(3)10-12-17/h4-12H,13H2,1-3H3. The Bertz CT molecular complexity index is 998. The summed E-state index contributed by atoms with van der Waals surface area (Å²) in [6.45, 7) is 5.47. The number of halogens is 1. The lowest BCUT2D eigenvalue weighted by molar-refractivity contribution is 0.598. The fraction of sp³-hybridized carbons (Fsp3) is 0.222. The topological polar surface area (TPSA) is 63.6 Å². The van der Waals surface area contributed by atoms with Crippen molar-refractivity contribution < 1.29 is 12.6 Å². The maximum Gasteiger partial charge on any atom is 0.290 e. The van der Waals surface area contributed by atoms with Gasteiger partial charge in [0.25, 0.3) is 10.0 Å². The first-order valence-electron chi connectivity index (χ1n) is 7.58. The van der Waals surface area contributed by atoms with E-state index in [4.69, 9.17) is 0 Å². The Hall–Kier alpha value is -1.44. The summed E-state index contributed by atoms with van der Waals surface area (Å²) in [5, 5.41) is 0.274. The van der Waals surface area contributed by atoms with Crippen molar-refractivity contribution in [1.29, 1.82) is 0 Å². The minimum Gasteiger partial charge on any atom is -0.239 e. The molecule has 25 heavy (non-hydrogen) atoms. The smallest absolute Gasteiger partial charge is 0.239 e. The lowest BCUT2D eigenvalue weighted by Gasteiger charge is -2.14. The number of nitrogens with zero attached hydrogens (tertiary/aromatic N) is 1. The predicted octanol–water partition coefficient (Wildman–Crippen LogP) is 4.90. The Morgan fingerprint density at radius 3 is 1.96 bits per heavy atom. The second-order valence-corrected chi connectivity index (χ2v) is 10.4. The normalized spacial score (nSPS) is 13.8. The average Bonchev–Trinajstić information content (AvgIpc) is 2.55. The number of benzene rings is 2. The van der Waals surface area contributed by atoms with Crippen LogP contribution in [0.25, 0.3) is 0 Å². The van der Waals surface area contributed by atoms with Crippen LogP contribution in [-0.4, -0.2) is 18.0 Å². The zero-order chi connectivity index (χ0) is 18.7. The van der Waals surface area contributed by atoms with E-state index in [1.807, 2.05) is 6.92 Å². The summed E-state index contributed by atoms with van der Waals surface area (Å²) >= 11 is 3.33. The van der Waals surface area contributed by atoms with Crippen molar-refractivity contribution in [1.82, 2.24) is 0 Å². The molecule has 0 aliphatic heterocycles. The molecule has 0 bridgehead atoms. The SMILES string of the molecule is CC(C)=C(CBr)S(=O)(=NS(=O)(=O)c1ccc(C)cc1)c1ccccc1. The van der Waals surface area contributed by atoms with Crippen LogP contribution in [-0.2, 0) is 19.8 Å². The van der Waals surface area contributed by atoms with E-state index in [0.29, 0.717) is 9.80 Å². The Morgan fingerprint density at radius 2 is 1.48 bits per heavy atom. The van der Waals surface area contributed by atoms with Gasteiger partial charge in [-0.05, 0) is 45.0 Å². The molecule has 2 rings (SSSR count). The van der Waals surface area contributed by atoms with Gasteiger partial charge in [0.2, 0.25) is 0 Å². The summed E-state index contributed by atoms with van der Waals surface area (Å²) in [5.74, 6) is 0. The van der Waals surface area contributed by atoms with Crippen molar-refractivity contribution in [3.63, 3.8) is 0 Å². The van der Waals surface area contributed by atoms with Gasteiger partial charge in [0, 0.05) is 10.2 Å². The highest BCUT2D eigenvalue weighted by Crippen LogP contribution is 2.29. The van der Waals surface area contributed by atoms with Gasteiger partial charge in [0.1, 0.15) is 9.73 Å². The molecule has 0 N–H and O–H groups in total. The Balaban J connectivity index is 2.81. The monoisotopic (exact) mass is 441 g/mol. The van der Waals surface area contributed by atoms with Crippen LogP contribution < -0.4 is 0 Å². The summed E-state index contributed by atoms with van der Waals surface area (Å²) in [7, 11) is -7.38. The van der Waals surface area contributed by atoms with Crippen molar-refractivity contribution in [3.8, 4) is 0 Å². The van der Waals surface area contributed by atoms with E-state index < -0.39 is 19.8 Å². The summed E-state index contributed by atoms with van der Waals surface area (Å²) in [6, 6.07) is 14.9. The van der Waals surface area contributed by atoms with Crippen LogP contribution in [0, 0.1) is 6.92 Å². The maximum atomic E-state index is 13.8. The fourth-order valence-electron chi connectivity index (χ4n) is 2.21. The third-order valence-corrected chi connectivity index (χ3v) is 9.15. The molecule has 4 nitrogen and oxygen atoms in total. The number of sulfonamides is 1. The minimum absolute atomic E-state index is 0.0319. The van der Waals surface area contributed by atoms with Gasteiger partial charge in [0.05, 0.1) is 9.79 Å². The van der Waals surface area contributed by atoms with Crippen molar-refractivity contribution >= 4 is 35.7 Å². The number of hydrogen-bond donors (Lipinski definition) is 0. The van der Waals surface area contributed by atoms with Crippen LogP contribution in [0.1, 0.15) is 19.4 Å². The average molecular weight is 442 g/mol. The van der Waals surface area contributed by atoms with Crippen molar-refractivity contribution in [3.05, 3.63) is 70.6 Å². The number of allylic oxidation sites excluding steroid dienone is 2. The van der Waals surface area contributed by atoms with Crippen LogP contribution in [0.4, 0.5) is 0 Å². The van der Waals surface area contributed by atoms with Crippen LogP contribution in [0.3, 0.4) is 0 Å². The largest absolute Gasteiger partial charge is 0.290 e. The Labute approximate surface area is 158 Å². The molecule has 0 aliphatic rings. The first kappa shape index (κ1) is 19.9. The zero-order valence-corrected chi connectivity index (χ0v) is 17.5. The summed E-state index contributed by atoms with van der Waals surface area (Å²) in [4.78, 5) is 0.875. The second-order valence-electron chi connectivity index (χ2n) is 5.76. The van der Waals surface area contributed by atoms with Crippen LogP contribution in [0.15, 0.2) is 78.6 Å². The molecule has 0 aromatic heterocycles. The van der Waals surface area contributed by atoms with Gasteiger partial charge in [0.15, 0.2) is 0 Å². The Kier molecular flexibility index (Phi) is 6.24. The maximum absolute atomic E-state index is 13.8. The highest BCUT2D eigenvalue weighted by Gasteiger charge is 2.24. The van der Waals surface area contributed by atoms with Gasteiger partial charge < -0.3 is 0 Å². The molecule has 1 atom stereocenters. The third kappa shape index (κ3) is 4.40. The molecule has 0 aliphatic carbocycles. The molecule has 0 saturated carbocycles. The van der Waals surface area contributed by atoms with E-state index in [0.717, 1.165) is 11.1 Å². The second kappa shape index (κ2) is 7.85. The van der Waals surface area contributed by atoms with E-state index in [1.165, 1.54) is 12.1 Å². The van der Waals surface area contributed by atoms with Crippen LogP contribution in [0.5, 0.6) is 0 Å². The number of aryl methyl sites for hydroxylation is 1. The molecule has 1 unspecified atom stereocenters. The van der Waals surface area contributed by atoms with Crippen molar-refractivity contribution in [2.24, 2.45) is 3.77 Å². The number of rotatable bonds is 5. The van der Waals surface area contributed by atoms with Gasteiger partial charge in [-0.15, -0.1) is 0 Å². The predicted molar refractivity (Wildman–Crippen MR) is 106 cm³/mol. The molecular weight excluding hydrogens is 422 g/mol.